The maximum atomic E-state index is 8.88. The van der Waals surface area contributed by atoms with Gasteiger partial charge in [-0.05, 0) is 13.3 Å². The zero-order chi connectivity index (χ0) is 11.4. The van der Waals surface area contributed by atoms with Gasteiger partial charge in [-0.3, -0.25) is 0 Å². The van der Waals surface area contributed by atoms with E-state index >= 15 is 0 Å². The minimum Gasteiger partial charge on any atom is -0.382 e. The Hall–Kier alpha value is 0.0700. The second-order valence-electron chi connectivity index (χ2n) is 2.77. The normalized spacial score (nSPS) is 10.6. The summed E-state index contributed by atoms with van der Waals surface area (Å²) in [5.74, 6) is 0. The summed E-state index contributed by atoms with van der Waals surface area (Å²) in [6.45, 7) is 6.09. The molecule has 0 heterocycles. The summed E-state index contributed by atoms with van der Waals surface area (Å²) >= 11 is 0. The summed E-state index contributed by atoms with van der Waals surface area (Å²) in [5.41, 5.74) is 0. The van der Waals surface area contributed by atoms with Crippen LogP contribution in [0.25, 0.3) is 0 Å². The number of phosphoric acid groups is 1. The zero-order valence-corrected chi connectivity index (χ0v) is 9.74. The number of unbranched alkanes of at least 4 members (excludes halogenated alkanes) is 3. The van der Waals surface area contributed by atoms with Crippen molar-refractivity contribution in [3.8, 4) is 0 Å². The predicted molar refractivity (Wildman–Crippen MR) is 54.9 cm³/mol. The Morgan fingerprint density at radius 2 is 1.57 bits per heavy atom. The Morgan fingerprint density at radius 1 is 1.07 bits per heavy atom. The van der Waals surface area contributed by atoms with Gasteiger partial charge in [0.05, 0.1) is 0 Å². The maximum Gasteiger partial charge on any atom is 0.466 e. The molecule has 0 saturated carbocycles. The van der Waals surface area contributed by atoms with Crippen molar-refractivity contribution in [1.29, 1.82) is 0 Å². The van der Waals surface area contributed by atoms with Gasteiger partial charge in [0, 0.05) is 13.2 Å². The molecule has 0 rings (SSSR count). The SMILES string of the molecule is CCCCCCOCC.O=P(O)(O)O. The number of hydrogen-bond acceptors (Lipinski definition) is 2. The van der Waals surface area contributed by atoms with Crippen molar-refractivity contribution in [1.82, 2.24) is 0 Å². The largest absolute Gasteiger partial charge is 0.466 e. The summed E-state index contributed by atoms with van der Waals surface area (Å²) in [6.07, 6.45) is 5.23. The first-order valence-corrected chi connectivity index (χ1v) is 6.34. The third kappa shape index (κ3) is 40.1. The molecule has 0 aliphatic carbocycles. The van der Waals surface area contributed by atoms with Gasteiger partial charge < -0.3 is 19.4 Å². The number of hydrogen-bond donors (Lipinski definition) is 3. The van der Waals surface area contributed by atoms with Gasteiger partial charge in [0.1, 0.15) is 0 Å². The van der Waals surface area contributed by atoms with Crippen molar-refractivity contribution in [3.63, 3.8) is 0 Å². The van der Waals surface area contributed by atoms with E-state index in [4.69, 9.17) is 24.0 Å². The van der Waals surface area contributed by atoms with Crippen LogP contribution in [0.3, 0.4) is 0 Å². The predicted octanol–water partition coefficient (Wildman–Crippen LogP) is 1.67. The van der Waals surface area contributed by atoms with Crippen LogP contribution in [0.5, 0.6) is 0 Å². The van der Waals surface area contributed by atoms with Crippen LogP contribution in [0.15, 0.2) is 0 Å². The minimum atomic E-state index is -4.64. The monoisotopic (exact) mass is 228 g/mol. The van der Waals surface area contributed by atoms with Crippen LogP contribution in [0.4, 0.5) is 0 Å². The second-order valence-corrected chi connectivity index (χ2v) is 3.80. The Morgan fingerprint density at radius 3 is 1.93 bits per heavy atom. The van der Waals surface area contributed by atoms with Crippen LogP contribution in [-0.4, -0.2) is 27.9 Å². The van der Waals surface area contributed by atoms with Gasteiger partial charge in [-0.25, -0.2) is 4.57 Å². The molecule has 0 amide bonds. The molecule has 88 valence electrons. The van der Waals surface area contributed by atoms with Gasteiger partial charge in [0.2, 0.25) is 0 Å². The van der Waals surface area contributed by atoms with Crippen molar-refractivity contribution in [3.05, 3.63) is 0 Å². The Balaban J connectivity index is 0. The van der Waals surface area contributed by atoms with Crippen LogP contribution in [-0.2, 0) is 9.30 Å². The molecule has 0 spiro atoms. The van der Waals surface area contributed by atoms with Crippen LogP contribution in [0.2, 0.25) is 0 Å². The van der Waals surface area contributed by atoms with E-state index in [2.05, 4.69) is 6.92 Å². The molecule has 0 fully saturated rings. The van der Waals surface area contributed by atoms with Crippen LogP contribution >= 0.6 is 7.82 Å². The molecule has 0 radical (unpaired) electrons. The van der Waals surface area contributed by atoms with Gasteiger partial charge >= 0.3 is 7.82 Å². The van der Waals surface area contributed by atoms with E-state index in [1.165, 1.54) is 25.7 Å². The molecule has 0 unspecified atom stereocenters. The van der Waals surface area contributed by atoms with Gasteiger partial charge in [-0.15, -0.1) is 0 Å². The molecule has 0 aromatic heterocycles. The minimum absolute atomic E-state index is 0.867. The molecule has 6 heteroatoms. The molecular weight excluding hydrogens is 207 g/mol. The average Bonchev–Trinajstić information content (AvgIpc) is 2.01. The molecule has 0 aliphatic heterocycles. The summed E-state index contributed by atoms with van der Waals surface area (Å²) < 4.78 is 14.1. The first-order chi connectivity index (χ1) is 6.41. The van der Waals surface area contributed by atoms with Crippen LogP contribution < -0.4 is 0 Å². The summed E-state index contributed by atoms with van der Waals surface area (Å²) in [4.78, 5) is 21.6. The fourth-order valence-corrected chi connectivity index (χ4v) is 0.775. The zero-order valence-electron chi connectivity index (χ0n) is 8.85. The maximum absolute atomic E-state index is 8.88. The summed E-state index contributed by atoms with van der Waals surface area (Å²) in [5, 5.41) is 0. The third-order valence-electron chi connectivity index (χ3n) is 1.35. The standard InChI is InChI=1S/C8H18O.H3O4P/c1-3-5-6-7-8-9-4-2;1-5(2,3)4/h3-8H2,1-2H3;(H3,1,2,3,4). The molecular formula is C8H21O5P. The van der Waals surface area contributed by atoms with E-state index in [9.17, 15) is 0 Å². The van der Waals surface area contributed by atoms with Crippen LogP contribution in [0.1, 0.15) is 39.5 Å². The lowest BCUT2D eigenvalue weighted by Gasteiger charge is -1.98. The van der Waals surface area contributed by atoms with E-state index in [1.807, 2.05) is 6.92 Å². The summed E-state index contributed by atoms with van der Waals surface area (Å²) in [6, 6.07) is 0. The highest BCUT2D eigenvalue weighted by atomic mass is 31.2. The van der Waals surface area contributed by atoms with E-state index in [1.54, 1.807) is 0 Å². The highest BCUT2D eigenvalue weighted by molar-refractivity contribution is 7.45. The fourth-order valence-electron chi connectivity index (χ4n) is 0.775. The lowest BCUT2D eigenvalue weighted by molar-refractivity contribution is 0.143. The van der Waals surface area contributed by atoms with Crippen LogP contribution in [0, 0.1) is 0 Å². The van der Waals surface area contributed by atoms with Crippen molar-refractivity contribution >= 4 is 7.82 Å². The van der Waals surface area contributed by atoms with E-state index < -0.39 is 7.82 Å². The Kier molecular flexibility index (Phi) is 13.1. The van der Waals surface area contributed by atoms with Crippen molar-refractivity contribution in [2.24, 2.45) is 0 Å². The van der Waals surface area contributed by atoms with Crippen molar-refractivity contribution < 1.29 is 24.0 Å². The van der Waals surface area contributed by atoms with Gasteiger partial charge in [0.15, 0.2) is 0 Å². The molecule has 3 N–H and O–H groups in total. The molecule has 0 aromatic rings. The third-order valence-corrected chi connectivity index (χ3v) is 1.35. The van der Waals surface area contributed by atoms with Gasteiger partial charge in [0.25, 0.3) is 0 Å². The molecule has 0 bridgehead atoms. The highest BCUT2D eigenvalue weighted by Crippen LogP contribution is 2.25. The fraction of sp³-hybridized carbons (Fsp3) is 1.00. The molecule has 14 heavy (non-hydrogen) atoms. The molecule has 0 saturated heterocycles. The smallest absolute Gasteiger partial charge is 0.382 e. The average molecular weight is 228 g/mol. The highest BCUT2D eigenvalue weighted by Gasteiger charge is 2.00. The quantitative estimate of drug-likeness (QED) is 0.475. The van der Waals surface area contributed by atoms with Gasteiger partial charge in [-0.1, -0.05) is 26.2 Å². The van der Waals surface area contributed by atoms with Crippen molar-refractivity contribution in [2.75, 3.05) is 13.2 Å². The lowest BCUT2D eigenvalue weighted by atomic mass is 10.2. The first-order valence-electron chi connectivity index (χ1n) is 4.77. The molecule has 5 nitrogen and oxygen atoms in total. The second kappa shape index (κ2) is 11.1. The Bertz CT molecular complexity index is 130. The van der Waals surface area contributed by atoms with Gasteiger partial charge in [-0.2, -0.15) is 0 Å². The number of ether oxygens (including phenoxy) is 1. The Labute approximate surface area is 85.3 Å². The van der Waals surface area contributed by atoms with Crippen molar-refractivity contribution in [2.45, 2.75) is 39.5 Å². The molecule has 0 aromatic carbocycles. The van der Waals surface area contributed by atoms with E-state index in [0.717, 1.165) is 13.2 Å². The van der Waals surface area contributed by atoms with E-state index in [0.29, 0.717) is 0 Å². The number of rotatable bonds is 6. The summed E-state index contributed by atoms with van der Waals surface area (Å²) in [7, 11) is -4.64. The molecule has 0 aliphatic rings. The topological polar surface area (TPSA) is 87.0 Å². The van der Waals surface area contributed by atoms with E-state index in [-0.39, 0.29) is 0 Å². The molecule has 0 atom stereocenters. The lowest BCUT2D eigenvalue weighted by Crippen LogP contribution is -1.92. The first kappa shape index (κ1) is 16.5.